The van der Waals surface area contributed by atoms with Crippen molar-refractivity contribution in [3.05, 3.63) is 23.9 Å². The van der Waals surface area contributed by atoms with Crippen LogP contribution in [0.2, 0.25) is 0 Å². The Kier molecular flexibility index (Phi) is 6.65. The number of nitrogens with zero attached hydrogens (tertiary/aromatic N) is 3. The SMILES string of the molecule is CCO[C@H](CC)CNC(=O)N1CCN(c2ncccc2C)CC1. The molecule has 1 aromatic rings. The maximum absolute atomic E-state index is 12.3. The summed E-state index contributed by atoms with van der Waals surface area (Å²) < 4.78 is 5.57. The van der Waals surface area contributed by atoms with Gasteiger partial charge in [-0.15, -0.1) is 0 Å². The molecular weight excluding hydrogens is 292 g/mol. The van der Waals surface area contributed by atoms with E-state index in [1.165, 1.54) is 5.56 Å². The first kappa shape index (κ1) is 17.5. The molecule has 1 saturated heterocycles. The fraction of sp³-hybridized carbons (Fsp3) is 0.647. The van der Waals surface area contributed by atoms with E-state index >= 15 is 0 Å². The summed E-state index contributed by atoms with van der Waals surface area (Å²) in [6.07, 6.45) is 2.82. The van der Waals surface area contributed by atoms with Crippen molar-refractivity contribution < 1.29 is 9.53 Å². The van der Waals surface area contributed by atoms with E-state index in [1.807, 2.05) is 24.1 Å². The fourth-order valence-electron chi connectivity index (χ4n) is 2.80. The molecule has 0 radical (unpaired) electrons. The van der Waals surface area contributed by atoms with Crippen molar-refractivity contribution in [3.63, 3.8) is 0 Å². The molecule has 1 atom stereocenters. The van der Waals surface area contributed by atoms with Crippen LogP contribution in [0.15, 0.2) is 18.3 Å². The zero-order valence-electron chi connectivity index (χ0n) is 14.4. The van der Waals surface area contributed by atoms with E-state index < -0.39 is 0 Å². The molecule has 1 aromatic heterocycles. The van der Waals surface area contributed by atoms with E-state index in [-0.39, 0.29) is 12.1 Å². The number of piperazine rings is 1. The van der Waals surface area contributed by atoms with Crippen molar-refractivity contribution in [2.45, 2.75) is 33.3 Å². The van der Waals surface area contributed by atoms with Gasteiger partial charge >= 0.3 is 6.03 Å². The predicted molar refractivity (Wildman–Crippen MR) is 91.9 cm³/mol. The minimum atomic E-state index is 0.000505. The Balaban J connectivity index is 1.80. The molecule has 0 saturated carbocycles. The highest BCUT2D eigenvalue weighted by molar-refractivity contribution is 5.74. The predicted octanol–water partition coefficient (Wildman–Crippen LogP) is 2.04. The number of anilines is 1. The number of pyridine rings is 1. The first-order valence-corrected chi connectivity index (χ1v) is 8.46. The van der Waals surface area contributed by atoms with Gasteiger partial charge in [-0.3, -0.25) is 0 Å². The molecule has 0 bridgehead atoms. The lowest BCUT2D eigenvalue weighted by Crippen LogP contribution is -2.53. The second-order valence-corrected chi connectivity index (χ2v) is 5.79. The second-order valence-electron chi connectivity index (χ2n) is 5.79. The molecule has 1 aliphatic rings. The fourth-order valence-corrected chi connectivity index (χ4v) is 2.80. The van der Waals surface area contributed by atoms with Gasteiger partial charge in [-0.25, -0.2) is 9.78 Å². The zero-order valence-corrected chi connectivity index (χ0v) is 14.4. The minimum absolute atomic E-state index is 0.000505. The molecule has 6 heteroatoms. The summed E-state index contributed by atoms with van der Waals surface area (Å²) in [4.78, 5) is 20.8. The van der Waals surface area contributed by atoms with Gasteiger partial charge in [-0.2, -0.15) is 0 Å². The van der Waals surface area contributed by atoms with Crippen molar-refractivity contribution in [3.8, 4) is 0 Å². The number of urea groups is 1. The third kappa shape index (κ3) is 4.82. The Hall–Kier alpha value is -1.82. The number of aromatic nitrogens is 1. The van der Waals surface area contributed by atoms with Crippen LogP contribution in [0, 0.1) is 6.92 Å². The molecule has 0 spiro atoms. The topological polar surface area (TPSA) is 57.7 Å². The van der Waals surface area contributed by atoms with Gasteiger partial charge in [-0.1, -0.05) is 13.0 Å². The van der Waals surface area contributed by atoms with Gasteiger partial charge in [0.1, 0.15) is 5.82 Å². The molecule has 2 amide bonds. The van der Waals surface area contributed by atoms with Crippen LogP contribution in [0.25, 0.3) is 0 Å². The minimum Gasteiger partial charge on any atom is -0.377 e. The van der Waals surface area contributed by atoms with Crippen LogP contribution in [0.5, 0.6) is 0 Å². The van der Waals surface area contributed by atoms with E-state index in [0.29, 0.717) is 26.2 Å². The molecular formula is C17H28N4O2. The maximum Gasteiger partial charge on any atom is 0.317 e. The summed E-state index contributed by atoms with van der Waals surface area (Å²) >= 11 is 0. The highest BCUT2D eigenvalue weighted by atomic mass is 16.5. The number of carbonyl (C=O) groups excluding carboxylic acids is 1. The maximum atomic E-state index is 12.3. The molecule has 1 N–H and O–H groups in total. The Bertz CT molecular complexity index is 501. The molecule has 6 nitrogen and oxygen atoms in total. The average Bonchev–Trinajstić information content (AvgIpc) is 2.59. The van der Waals surface area contributed by atoms with E-state index in [4.69, 9.17) is 4.74 Å². The molecule has 128 valence electrons. The van der Waals surface area contributed by atoms with Gasteiger partial charge < -0.3 is 19.9 Å². The monoisotopic (exact) mass is 320 g/mol. The van der Waals surface area contributed by atoms with Crippen LogP contribution < -0.4 is 10.2 Å². The number of rotatable bonds is 6. The van der Waals surface area contributed by atoms with Crippen LogP contribution in [0.4, 0.5) is 10.6 Å². The lowest BCUT2D eigenvalue weighted by Gasteiger charge is -2.36. The summed E-state index contributed by atoms with van der Waals surface area (Å²) in [7, 11) is 0. The van der Waals surface area contributed by atoms with Gasteiger partial charge in [0.25, 0.3) is 0 Å². The first-order chi connectivity index (χ1) is 11.2. The van der Waals surface area contributed by atoms with E-state index in [2.05, 4.69) is 35.1 Å². The quantitative estimate of drug-likeness (QED) is 0.871. The molecule has 2 heterocycles. The largest absolute Gasteiger partial charge is 0.377 e. The van der Waals surface area contributed by atoms with Crippen LogP contribution >= 0.6 is 0 Å². The molecule has 1 fully saturated rings. The van der Waals surface area contributed by atoms with Crippen molar-refractivity contribution in [1.29, 1.82) is 0 Å². The summed E-state index contributed by atoms with van der Waals surface area (Å²) in [6, 6.07) is 4.02. The lowest BCUT2D eigenvalue weighted by atomic mass is 10.2. The Morgan fingerprint density at radius 2 is 2.09 bits per heavy atom. The first-order valence-electron chi connectivity index (χ1n) is 8.46. The van der Waals surface area contributed by atoms with E-state index in [9.17, 15) is 4.79 Å². The van der Waals surface area contributed by atoms with Crippen LogP contribution in [-0.4, -0.2) is 61.3 Å². The number of hydrogen-bond donors (Lipinski definition) is 1. The van der Waals surface area contributed by atoms with Crippen molar-refractivity contribution in [2.75, 3.05) is 44.2 Å². The second kappa shape index (κ2) is 8.72. The summed E-state index contributed by atoms with van der Waals surface area (Å²) in [5, 5.41) is 2.98. The van der Waals surface area contributed by atoms with Gasteiger partial charge in [0.15, 0.2) is 0 Å². The van der Waals surface area contributed by atoms with Gasteiger partial charge in [-0.05, 0) is 31.9 Å². The highest BCUT2D eigenvalue weighted by Crippen LogP contribution is 2.17. The number of carbonyl (C=O) groups is 1. The standard InChI is InChI=1S/C17H28N4O2/c1-4-15(23-5-2)13-19-17(22)21-11-9-20(10-12-21)16-14(3)7-6-8-18-16/h6-8,15H,4-5,9-13H2,1-3H3,(H,19,22)/t15-/m1/s1. The summed E-state index contributed by atoms with van der Waals surface area (Å²) in [5.74, 6) is 1.02. The molecule has 23 heavy (non-hydrogen) atoms. The van der Waals surface area contributed by atoms with Crippen molar-refractivity contribution in [1.82, 2.24) is 15.2 Å². The van der Waals surface area contributed by atoms with Gasteiger partial charge in [0.05, 0.1) is 6.10 Å². The lowest BCUT2D eigenvalue weighted by molar-refractivity contribution is 0.0605. The highest BCUT2D eigenvalue weighted by Gasteiger charge is 2.22. The Morgan fingerprint density at radius 1 is 1.35 bits per heavy atom. The number of aryl methyl sites for hydroxylation is 1. The molecule has 0 unspecified atom stereocenters. The normalized spacial score (nSPS) is 16.3. The molecule has 1 aliphatic heterocycles. The van der Waals surface area contributed by atoms with E-state index in [1.54, 1.807) is 0 Å². The van der Waals surface area contributed by atoms with Gasteiger partial charge in [0.2, 0.25) is 0 Å². The molecule has 2 rings (SSSR count). The number of hydrogen-bond acceptors (Lipinski definition) is 4. The molecule has 0 aliphatic carbocycles. The summed E-state index contributed by atoms with van der Waals surface area (Å²) in [6.45, 7) is 10.4. The third-order valence-corrected chi connectivity index (χ3v) is 4.19. The molecule has 0 aromatic carbocycles. The number of ether oxygens (including phenoxy) is 1. The zero-order chi connectivity index (χ0) is 16.7. The van der Waals surface area contributed by atoms with Crippen LogP contribution in [-0.2, 0) is 4.74 Å². The smallest absolute Gasteiger partial charge is 0.317 e. The Labute approximate surface area is 138 Å². The van der Waals surface area contributed by atoms with Crippen molar-refractivity contribution in [2.24, 2.45) is 0 Å². The average molecular weight is 320 g/mol. The third-order valence-electron chi connectivity index (χ3n) is 4.19. The number of amides is 2. The Morgan fingerprint density at radius 3 is 2.70 bits per heavy atom. The van der Waals surface area contributed by atoms with Crippen LogP contribution in [0.3, 0.4) is 0 Å². The van der Waals surface area contributed by atoms with Crippen molar-refractivity contribution >= 4 is 11.8 Å². The van der Waals surface area contributed by atoms with Crippen LogP contribution in [0.1, 0.15) is 25.8 Å². The van der Waals surface area contributed by atoms with E-state index in [0.717, 1.165) is 25.3 Å². The summed E-state index contributed by atoms with van der Waals surface area (Å²) in [5.41, 5.74) is 1.17. The number of nitrogens with one attached hydrogen (secondary N) is 1. The van der Waals surface area contributed by atoms with Gasteiger partial charge in [0, 0.05) is 45.5 Å².